The minimum atomic E-state index is -4.29. The van der Waals surface area contributed by atoms with Gasteiger partial charge in [-0.25, -0.2) is 4.79 Å². The Balaban J connectivity index is 1.50. The van der Waals surface area contributed by atoms with E-state index in [4.69, 9.17) is 4.74 Å². The average molecular weight is 470 g/mol. The predicted octanol–water partition coefficient (Wildman–Crippen LogP) is 5.67. The van der Waals surface area contributed by atoms with Crippen LogP contribution in [0.15, 0.2) is 60.7 Å². The number of ether oxygens (including phenoxy) is 1. The lowest BCUT2D eigenvalue weighted by Crippen LogP contribution is -2.46. The zero-order chi connectivity index (χ0) is 24.5. The fourth-order valence-electron chi connectivity index (χ4n) is 4.52. The number of allylic oxidation sites excluding steroid dienone is 4. The van der Waals surface area contributed by atoms with Crippen LogP contribution in [0.2, 0.25) is 0 Å². The van der Waals surface area contributed by atoms with Gasteiger partial charge in [-0.3, -0.25) is 4.79 Å². The summed E-state index contributed by atoms with van der Waals surface area (Å²) in [5.74, 6) is -1.86. The summed E-state index contributed by atoms with van der Waals surface area (Å²) < 4.78 is 43.6. The van der Waals surface area contributed by atoms with Gasteiger partial charge in [0.25, 0.3) is 5.91 Å². The van der Waals surface area contributed by atoms with Gasteiger partial charge in [0.1, 0.15) is 0 Å². The maximum absolute atomic E-state index is 13.1. The van der Waals surface area contributed by atoms with Crippen LogP contribution in [0.5, 0.6) is 0 Å². The third kappa shape index (κ3) is 5.00. The number of hydrogen-bond donors (Lipinski definition) is 2. The Morgan fingerprint density at radius 2 is 1.82 bits per heavy atom. The van der Waals surface area contributed by atoms with Crippen molar-refractivity contribution in [3.8, 4) is 0 Å². The normalized spacial score (nSPS) is 21.4. The SMILES string of the molecule is COC(=O)NC1(C)Cc2ccc(NC(=O)c3ccccc3C3=CCC(C(F)(F)F)C=C3)cc2C1. The summed E-state index contributed by atoms with van der Waals surface area (Å²) in [5.41, 5.74) is 3.76. The first-order chi connectivity index (χ1) is 16.1. The Morgan fingerprint density at radius 3 is 2.50 bits per heavy atom. The third-order valence-electron chi connectivity index (χ3n) is 6.22. The van der Waals surface area contributed by atoms with Crippen LogP contribution in [-0.4, -0.2) is 30.8 Å². The molecule has 2 aliphatic rings. The van der Waals surface area contributed by atoms with Gasteiger partial charge >= 0.3 is 12.3 Å². The molecule has 0 spiro atoms. The maximum Gasteiger partial charge on any atom is 0.407 e. The highest BCUT2D eigenvalue weighted by Gasteiger charge is 2.38. The lowest BCUT2D eigenvalue weighted by Gasteiger charge is -2.24. The van der Waals surface area contributed by atoms with Crippen molar-refractivity contribution in [2.75, 3.05) is 12.4 Å². The van der Waals surface area contributed by atoms with E-state index in [1.165, 1.54) is 19.3 Å². The third-order valence-corrected chi connectivity index (χ3v) is 6.22. The Labute approximate surface area is 195 Å². The van der Waals surface area contributed by atoms with Crippen molar-refractivity contribution < 1.29 is 27.5 Å². The van der Waals surface area contributed by atoms with E-state index in [1.807, 2.05) is 19.1 Å². The second kappa shape index (κ2) is 9.00. The minimum absolute atomic E-state index is 0.158. The highest BCUT2D eigenvalue weighted by Crippen LogP contribution is 2.36. The number of amides is 2. The van der Waals surface area contributed by atoms with Crippen LogP contribution in [0, 0.1) is 5.92 Å². The van der Waals surface area contributed by atoms with E-state index in [-0.39, 0.29) is 12.3 Å². The second-order valence-corrected chi connectivity index (χ2v) is 8.92. The smallest absolute Gasteiger partial charge is 0.407 e. The molecule has 0 bridgehead atoms. The summed E-state index contributed by atoms with van der Waals surface area (Å²) >= 11 is 0. The molecule has 2 aromatic rings. The van der Waals surface area contributed by atoms with Crippen molar-refractivity contribution in [1.29, 1.82) is 0 Å². The van der Waals surface area contributed by atoms with Gasteiger partial charge in [0.05, 0.1) is 13.0 Å². The summed E-state index contributed by atoms with van der Waals surface area (Å²) in [5, 5.41) is 5.76. The first kappa shape index (κ1) is 23.6. The van der Waals surface area contributed by atoms with Crippen LogP contribution in [-0.2, 0) is 17.6 Å². The molecule has 2 aliphatic carbocycles. The molecule has 2 amide bonds. The van der Waals surface area contributed by atoms with E-state index in [0.29, 0.717) is 35.2 Å². The second-order valence-electron chi connectivity index (χ2n) is 8.92. The number of alkyl carbamates (subject to hydrolysis) is 1. The van der Waals surface area contributed by atoms with Crippen molar-refractivity contribution in [3.63, 3.8) is 0 Å². The largest absolute Gasteiger partial charge is 0.453 e. The molecule has 178 valence electrons. The van der Waals surface area contributed by atoms with Gasteiger partial charge in [-0.2, -0.15) is 13.2 Å². The molecule has 5 nitrogen and oxygen atoms in total. The maximum atomic E-state index is 13.1. The molecule has 2 unspecified atom stereocenters. The van der Waals surface area contributed by atoms with Crippen molar-refractivity contribution in [1.82, 2.24) is 5.32 Å². The molecule has 0 heterocycles. The highest BCUT2D eigenvalue weighted by atomic mass is 19.4. The Bertz CT molecular complexity index is 1190. The molecular weight excluding hydrogens is 445 g/mol. The van der Waals surface area contributed by atoms with Gasteiger partial charge in [-0.15, -0.1) is 0 Å². The van der Waals surface area contributed by atoms with Crippen LogP contribution in [0.3, 0.4) is 0 Å². The zero-order valence-corrected chi connectivity index (χ0v) is 18.8. The number of benzene rings is 2. The molecule has 0 saturated carbocycles. The van der Waals surface area contributed by atoms with Crippen molar-refractivity contribution in [2.45, 2.75) is 37.9 Å². The fourth-order valence-corrected chi connectivity index (χ4v) is 4.52. The lowest BCUT2D eigenvalue weighted by molar-refractivity contribution is -0.160. The van der Waals surface area contributed by atoms with Crippen molar-refractivity contribution in [3.05, 3.63) is 82.9 Å². The molecule has 4 rings (SSSR count). The van der Waals surface area contributed by atoms with Crippen molar-refractivity contribution in [2.24, 2.45) is 5.92 Å². The number of carbonyl (C=O) groups excluding carboxylic acids is 2. The lowest BCUT2D eigenvalue weighted by atomic mass is 9.90. The summed E-state index contributed by atoms with van der Waals surface area (Å²) in [6.45, 7) is 1.94. The predicted molar refractivity (Wildman–Crippen MR) is 123 cm³/mol. The number of carbonyl (C=O) groups is 2. The number of alkyl halides is 3. The van der Waals surface area contributed by atoms with E-state index < -0.39 is 23.7 Å². The van der Waals surface area contributed by atoms with E-state index >= 15 is 0 Å². The molecule has 0 radical (unpaired) electrons. The summed E-state index contributed by atoms with van der Waals surface area (Å²) in [6, 6.07) is 12.5. The Morgan fingerprint density at radius 1 is 1.09 bits per heavy atom. The molecule has 8 heteroatoms. The van der Waals surface area contributed by atoms with E-state index in [0.717, 1.165) is 17.2 Å². The molecule has 0 saturated heterocycles. The molecule has 0 aromatic heterocycles. The Kier molecular flexibility index (Phi) is 6.25. The van der Waals surface area contributed by atoms with Gasteiger partial charge in [0.2, 0.25) is 0 Å². The number of rotatable bonds is 4. The van der Waals surface area contributed by atoms with Gasteiger partial charge in [0.15, 0.2) is 0 Å². The summed E-state index contributed by atoms with van der Waals surface area (Å²) in [7, 11) is 1.32. The van der Waals surface area contributed by atoms with E-state index in [2.05, 4.69) is 10.6 Å². The standard InChI is InChI=1S/C26H25F3N2O3/c1-25(31-24(33)34-2)14-17-9-12-20(13-18(17)15-25)30-23(32)22-6-4-3-5-21(22)16-7-10-19(11-8-16)26(27,28)29/h3-10,12-13,19H,11,14-15H2,1-2H3,(H,30,32)(H,31,33). The number of nitrogens with one attached hydrogen (secondary N) is 2. The topological polar surface area (TPSA) is 67.4 Å². The fraction of sp³-hybridized carbons (Fsp3) is 0.308. The van der Waals surface area contributed by atoms with Crippen LogP contribution >= 0.6 is 0 Å². The number of methoxy groups -OCH3 is 1. The van der Waals surface area contributed by atoms with Crippen molar-refractivity contribution >= 4 is 23.3 Å². The van der Waals surface area contributed by atoms with Gasteiger partial charge in [-0.05, 0) is 66.6 Å². The quantitative estimate of drug-likeness (QED) is 0.605. The number of fused-ring (bicyclic) bond motifs is 1. The van der Waals surface area contributed by atoms with Gasteiger partial charge in [-0.1, -0.05) is 42.5 Å². The first-order valence-electron chi connectivity index (χ1n) is 10.9. The number of anilines is 1. The molecule has 2 N–H and O–H groups in total. The van der Waals surface area contributed by atoms with E-state index in [9.17, 15) is 22.8 Å². The van der Waals surface area contributed by atoms with Crippen LogP contribution in [0.4, 0.5) is 23.7 Å². The monoisotopic (exact) mass is 470 g/mol. The number of hydrogen-bond acceptors (Lipinski definition) is 3. The van der Waals surface area contributed by atoms with Gasteiger partial charge in [0, 0.05) is 16.8 Å². The Hall–Kier alpha value is -3.55. The van der Waals surface area contributed by atoms with Crippen LogP contribution in [0.25, 0.3) is 5.57 Å². The van der Waals surface area contributed by atoms with Gasteiger partial charge < -0.3 is 15.4 Å². The summed E-state index contributed by atoms with van der Waals surface area (Å²) in [4.78, 5) is 24.8. The zero-order valence-electron chi connectivity index (χ0n) is 18.8. The van der Waals surface area contributed by atoms with E-state index in [1.54, 1.807) is 30.3 Å². The first-order valence-corrected chi connectivity index (χ1v) is 10.9. The number of halogens is 3. The molecule has 34 heavy (non-hydrogen) atoms. The average Bonchev–Trinajstić information content (AvgIpc) is 3.13. The molecule has 2 aromatic carbocycles. The summed E-state index contributed by atoms with van der Waals surface area (Å²) in [6.07, 6.45) is 0.397. The van der Waals surface area contributed by atoms with Crippen LogP contribution in [0.1, 0.15) is 40.4 Å². The minimum Gasteiger partial charge on any atom is -0.453 e. The molecule has 0 fully saturated rings. The highest BCUT2D eigenvalue weighted by molar-refractivity contribution is 6.08. The molecule has 2 atom stereocenters. The molecule has 0 aliphatic heterocycles. The molecular formula is C26H25F3N2O3. The van der Waals surface area contributed by atoms with Crippen LogP contribution < -0.4 is 10.6 Å².